The molecule has 0 aromatic carbocycles. The zero-order valence-corrected chi connectivity index (χ0v) is 13.0. The monoisotopic (exact) mass is 326 g/mol. The van der Waals surface area contributed by atoms with Crippen LogP contribution in [0.5, 0.6) is 0 Å². The van der Waals surface area contributed by atoms with E-state index in [0.717, 1.165) is 12.0 Å². The van der Waals surface area contributed by atoms with Gasteiger partial charge in [-0.05, 0) is 25.2 Å². The van der Waals surface area contributed by atoms with Gasteiger partial charge >= 0.3 is 21.3 Å². The van der Waals surface area contributed by atoms with E-state index in [0.29, 0.717) is 12.8 Å². The molecule has 0 amide bonds. The molecule has 0 fully saturated rings. The normalized spacial score (nSPS) is 27.1. The highest BCUT2D eigenvalue weighted by Crippen LogP contribution is 2.40. The summed E-state index contributed by atoms with van der Waals surface area (Å²) in [6.45, 7) is 5.42. The van der Waals surface area contributed by atoms with Crippen molar-refractivity contribution in [2.45, 2.75) is 45.3 Å². The van der Waals surface area contributed by atoms with Crippen LogP contribution in [0.15, 0.2) is 11.6 Å². The first kappa shape index (κ1) is 18.0. The second kappa shape index (κ2) is 6.00. The first-order chi connectivity index (χ1) is 9.41. The van der Waals surface area contributed by atoms with Crippen molar-refractivity contribution in [3.8, 4) is 0 Å². The molecule has 0 heterocycles. The van der Waals surface area contributed by atoms with Gasteiger partial charge in [-0.15, -0.1) is 0 Å². The predicted molar refractivity (Wildman–Crippen MR) is 72.3 cm³/mol. The molecule has 1 rings (SSSR count). The van der Waals surface area contributed by atoms with Crippen molar-refractivity contribution >= 4 is 16.1 Å². The number of allylic oxidation sites excluding steroid dienone is 2. The van der Waals surface area contributed by atoms with Gasteiger partial charge in [-0.3, -0.25) is 4.55 Å². The van der Waals surface area contributed by atoms with E-state index in [2.05, 4.69) is 10.8 Å². The van der Waals surface area contributed by atoms with Crippen molar-refractivity contribution in [3.05, 3.63) is 11.6 Å². The Morgan fingerprint density at radius 1 is 1.57 bits per heavy atom. The van der Waals surface area contributed by atoms with Crippen LogP contribution in [0.3, 0.4) is 0 Å². The van der Waals surface area contributed by atoms with Crippen LogP contribution in [0, 0.1) is 11.3 Å². The molecule has 8 heteroatoms. The number of carbonyl (C=O) groups excluding carboxylic acids is 1. The molecule has 0 radical (unpaired) electrons. The number of hydrogen-bond acceptors (Lipinski definition) is 4. The van der Waals surface area contributed by atoms with E-state index >= 15 is 0 Å². The molecule has 1 aliphatic rings. The standard InChI is InChI=1S/C13H20F2O5S/c1-4-10-5-9(2)6-12(3,7-10)8-20-11(16)13(14,15)21(17,18)19/h5,9H,4,6-8H2,1-3H3,(H,17,18,19). The average molecular weight is 326 g/mol. The maximum absolute atomic E-state index is 13.1. The zero-order chi connectivity index (χ0) is 16.5. The van der Waals surface area contributed by atoms with Gasteiger partial charge in [0, 0.05) is 5.41 Å². The van der Waals surface area contributed by atoms with E-state index in [-0.39, 0.29) is 12.5 Å². The Balaban J connectivity index is 2.75. The molecular weight excluding hydrogens is 306 g/mol. The number of halogens is 2. The van der Waals surface area contributed by atoms with Gasteiger partial charge in [0.1, 0.15) is 0 Å². The fourth-order valence-corrected chi connectivity index (χ4v) is 2.97. The fraction of sp³-hybridized carbons (Fsp3) is 0.769. The van der Waals surface area contributed by atoms with Gasteiger partial charge in [-0.1, -0.05) is 32.4 Å². The molecule has 0 aliphatic heterocycles. The van der Waals surface area contributed by atoms with Crippen LogP contribution in [-0.2, 0) is 19.6 Å². The lowest BCUT2D eigenvalue weighted by molar-refractivity contribution is -0.165. The van der Waals surface area contributed by atoms with Gasteiger partial charge < -0.3 is 4.74 Å². The van der Waals surface area contributed by atoms with Crippen molar-refractivity contribution in [2.24, 2.45) is 11.3 Å². The first-order valence-electron chi connectivity index (χ1n) is 6.63. The van der Waals surface area contributed by atoms with Crippen LogP contribution in [0.2, 0.25) is 0 Å². The lowest BCUT2D eigenvalue weighted by Gasteiger charge is -2.36. The third-order valence-electron chi connectivity index (χ3n) is 3.56. The van der Waals surface area contributed by atoms with Gasteiger partial charge in [0.05, 0.1) is 6.61 Å². The summed E-state index contributed by atoms with van der Waals surface area (Å²) in [4.78, 5) is 11.2. The third kappa shape index (κ3) is 4.23. The highest BCUT2D eigenvalue weighted by Gasteiger charge is 2.54. The Morgan fingerprint density at radius 3 is 2.62 bits per heavy atom. The van der Waals surface area contributed by atoms with Crippen molar-refractivity contribution in [1.29, 1.82) is 0 Å². The molecule has 0 spiro atoms. The Morgan fingerprint density at radius 2 is 2.14 bits per heavy atom. The highest BCUT2D eigenvalue weighted by atomic mass is 32.2. The van der Waals surface area contributed by atoms with Crippen LogP contribution in [0.25, 0.3) is 0 Å². The van der Waals surface area contributed by atoms with Crippen molar-refractivity contribution < 1.29 is 31.3 Å². The second-order valence-corrected chi connectivity index (χ2v) is 7.38. The number of carbonyl (C=O) groups is 1. The summed E-state index contributed by atoms with van der Waals surface area (Å²) in [5, 5.41) is -4.94. The lowest BCUT2D eigenvalue weighted by atomic mass is 9.72. The molecule has 1 aliphatic carbocycles. The molecule has 1 N–H and O–H groups in total. The minimum atomic E-state index is -5.82. The Hall–Kier alpha value is -1.02. The molecule has 2 unspecified atom stereocenters. The van der Waals surface area contributed by atoms with E-state index in [1.165, 1.54) is 0 Å². The second-order valence-electron chi connectivity index (χ2n) is 5.92. The smallest absolute Gasteiger partial charge is 0.460 e. The van der Waals surface area contributed by atoms with Gasteiger partial charge in [-0.2, -0.15) is 17.2 Å². The molecule has 122 valence electrons. The summed E-state index contributed by atoms with van der Waals surface area (Å²) in [5.41, 5.74) is 0.624. The summed E-state index contributed by atoms with van der Waals surface area (Å²) in [7, 11) is -5.82. The van der Waals surface area contributed by atoms with Gasteiger partial charge in [0.25, 0.3) is 0 Å². The summed E-state index contributed by atoms with van der Waals surface area (Å²) >= 11 is 0. The van der Waals surface area contributed by atoms with Gasteiger partial charge in [0.2, 0.25) is 0 Å². The molecule has 21 heavy (non-hydrogen) atoms. The highest BCUT2D eigenvalue weighted by molar-refractivity contribution is 7.87. The lowest BCUT2D eigenvalue weighted by Crippen LogP contribution is -2.41. The third-order valence-corrected chi connectivity index (χ3v) is 4.37. The van der Waals surface area contributed by atoms with E-state index in [9.17, 15) is 22.0 Å². The van der Waals surface area contributed by atoms with Crippen LogP contribution < -0.4 is 0 Å². The quantitative estimate of drug-likeness (QED) is 0.477. The van der Waals surface area contributed by atoms with Crippen molar-refractivity contribution in [3.63, 3.8) is 0 Å². The summed E-state index contributed by atoms with van der Waals surface area (Å²) in [5.74, 6) is -2.02. The van der Waals surface area contributed by atoms with E-state index in [1.807, 2.05) is 13.8 Å². The number of ether oxygens (including phenoxy) is 1. The Labute approximate surface area is 123 Å². The zero-order valence-electron chi connectivity index (χ0n) is 12.2. The van der Waals surface area contributed by atoms with E-state index < -0.39 is 26.8 Å². The van der Waals surface area contributed by atoms with Gasteiger partial charge in [0.15, 0.2) is 0 Å². The summed E-state index contributed by atoms with van der Waals surface area (Å²) < 4.78 is 60.0. The number of hydrogen-bond donors (Lipinski definition) is 1. The van der Waals surface area contributed by atoms with Crippen LogP contribution in [0.1, 0.15) is 40.0 Å². The molecular formula is C13H20F2O5S. The minimum absolute atomic E-state index is 0.222. The molecule has 0 aromatic rings. The SMILES string of the molecule is CCC1=CC(C)CC(C)(COC(=O)C(F)(F)S(=O)(=O)O)C1. The molecule has 0 saturated carbocycles. The van der Waals surface area contributed by atoms with Crippen LogP contribution in [-0.4, -0.2) is 30.8 Å². The minimum Gasteiger partial charge on any atom is -0.460 e. The topological polar surface area (TPSA) is 80.7 Å². The van der Waals surface area contributed by atoms with Gasteiger partial charge in [-0.25, -0.2) is 4.79 Å². The largest absolute Gasteiger partial charge is 0.465 e. The number of esters is 1. The first-order valence-corrected chi connectivity index (χ1v) is 8.07. The van der Waals surface area contributed by atoms with Crippen molar-refractivity contribution in [1.82, 2.24) is 0 Å². The number of rotatable bonds is 5. The maximum atomic E-state index is 13.1. The fourth-order valence-electron chi connectivity index (χ4n) is 2.70. The molecule has 0 bridgehead atoms. The molecule has 0 aromatic heterocycles. The number of alkyl halides is 2. The van der Waals surface area contributed by atoms with E-state index in [4.69, 9.17) is 4.55 Å². The summed E-state index contributed by atoms with van der Waals surface area (Å²) in [6.07, 6.45) is 4.16. The molecule has 0 saturated heterocycles. The maximum Gasteiger partial charge on any atom is 0.465 e. The van der Waals surface area contributed by atoms with Crippen LogP contribution >= 0.6 is 0 Å². The molecule has 2 atom stereocenters. The Bertz CT molecular complexity index is 541. The summed E-state index contributed by atoms with van der Waals surface area (Å²) in [6, 6.07) is 0. The average Bonchev–Trinajstić information content (AvgIpc) is 2.33. The predicted octanol–water partition coefficient (Wildman–Crippen LogP) is 2.78. The van der Waals surface area contributed by atoms with E-state index in [1.54, 1.807) is 6.92 Å². The van der Waals surface area contributed by atoms with Crippen molar-refractivity contribution in [2.75, 3.05) is 6.61 Å². The van der Waals surface area contributed by atoms with Crippen LogP contribution in [0.4, 0.5) is 8.78 Å². The molecule has 5 nitrogen and oxygen atoms in total. The Kier molecular flexibility index (Phi) is 5.15.